The van der Waals surface area contributed by atoms with E-state index in [-0.39, 0.29) is 72.5 Å². The molecule has 0 saturated heterocycles. The van der Waals surface area contributed by atoms with Crippen molar-refractivity contribution in [3.8, 4) is 23.4 Å². The second kappa shape index (κ2) is 19.7. The Labute approximate surface area is 425 Å². The van der Waals surface area contributed by atoms with Gasteiger partial charge in [0.15, 0.2) is 17.1 Å². The maximum absolute atomic E-state index is 12.8. The largest absolute Gasteiger partial charge is 0.505 e. The number of fused-ring (bicyclic) bond motifs is 5. The molecule has 74 heavy (non-hydrogen) atoms. The predicted octanol–water partition coefficient (Wildman–Crippen LogP) is 8.79. The standard InChI is InChI=1S/C41H30N10O17S6/c1-18-10-26(29(67-8-5-9-71(55,56)57)16-25(18)45-50-41-44-35-30(70-41)11-21(40(54)68-69)14-32(35)73(61,62)63)46-49-36-33(74(64,65)66)13-20-12-31(72(58,59)60)27(15-22(20)37(36)52)47-48-34-19(2)23(17-42)38-43-24-6-3-4-7-28(24)51(38)39(34)53/h3-4,6-7,10-16,52-53,69H,5,8-9H2,1-2H3,(H,55,56,57)(H,58,59,60)(H,61,62,63)(H,64,65,66). The number of imidazole rings is 1. The summed E-state index contributed by atoms with van der Waals surface area (Å²) in [5, 5.41) is 56.2. The van der Waals surface area contributed by atoms with Gasteiger partial charge in [-0.2, -0.15) is 38.9 Å². The third-order valence-electron chi connectivity index (χ3n) is 10.6. The van der Waals surface area contributed by atoms with E-state index in [4.69, 9.17) is 4.74 Å². The lowest BCUT2D eigenvalue weighted by Gasteiger charge is -2.13. The third-order valence-corrected chi connectivity index (χ3v) is 15.1. The van der Waals surface area contributed by atoms with Crippen molar-refractivity contribution in [2.75, 3.05) is 12.4 Å². The Bertz CT molecular complexity index is 4340. The van der Waals surface area contributed by atoms with Crippen LogP contribution < -0.4 is 4.74 Å². The number of phenolic OH excluding ortho intramolecular Hbond substituents is 1. The number of benzene rings is 5. The lowest BCUT2D eigenvalue weighted by molar-refractivity contribution is 0.0772. The van der Waals surface area contributed by atoms with Crippen LogP contribution in [0.25, 0.3) is 37.7 Å². The van der Waals surface area contributed by atoms with Gasteiger partial charge in [-0.1, -0.05) is 23.5 Å². The van der Waals surface area contributed by atoms with Crippen LogP contribution in [-0.2, 0) is 44.7 Å². The minimum Gasteiger partial charge on any atom is -0.505 e. The molecule has 5 aromatic carbocycles. The molecule has 3 aromatic heterocycles. The van der Waals surface area contributed by atoms with Crippen LogP contribution in [0, 0.1) is 25.2 Å². The van der Waals surface area contributed by atoms with Crippen LogP contribution in [0.5, 0.6) is 17.4 Å². The van der Waals surface area contributed by atoms with Crippen molar-refractivity contribution in [1.82, 2.24) is 14.4 Å². The van der Waals surface area contributed by atoms with Gasteiger partial charge < -0.3 is 19.1 Å². The first kappa shape index (κ1) is 52.7. The maximum atomic E-state index is 12.8. The molecule has 0 unspecified atom stereocenters. The zero-order valence-corrected chi connectivity index (χ0v) is 42.1. The molecule has 0 radical (unpaired) electrons. The Morgan fingerprint density at radius 3 is 2.08 bits per heavy atom. The molecule has 6 N–H and O–H groups in total. The molecule has 0 atom stereocenters. The van der Waals surface area contributed by atoms with Gasteiger partial charge in [-0.3, -0.25) is 22.6 Å². The SMILES string of the molecule is Cc1cc(N=Nc2c(S(=O)(=O)O)cc3cc(S(=O)(=O)O)c(N=Nc4c(C)c(C#N)c5nc6ccccc6n5c4O)cc3c2O)c(OCCCS(=O)(=O)O)cc1N=Nc1nc2c(S(=O)(=O)O)cc(C(=O)OS)cc2s1. The second-order valence-electron chi connectivity index (χ2n) is 15.5. The number of ether oxygens (including phenoxy) is 1. The summed E-state index contributed by atoms with van der Waals surface area (Å²) in [4.78, 5) is 17.8. The van der Waals surface area contributed by atoms with E-state index in [0.717, 1.165) is 23.5 Å². The molecular weight excluding hydrogens is 1100 g/mol. The van der Waals surface area contributed by atoms with Gasteiger partial charge in [-0.15, -0.1) is 30.7 Å². The first-order valence-corrected chi connectivity index (χ1v) is 27.4. The van der Waals surface area contributed by atoms with Gasteiger partial charge in [0.2, 0.25) is 11.0 Å². The number of para-hydroxylation sites is 2. The molecule has 0 aliphatic heterocycles. The van der Waals surface area contributed by atoms with Crippen molar-refractivity contribution >= 4 is 142 Å². The Hall–Kier alpha value is -7.65. The van der Waals surface area contributed by atoms with Gasteiger partial charge in [0.25, 0.3) is 40.5 Å². The van der Waals surface area contributed by atoms with E-state index in [1.807, 2.05) is 6.07 Å². The number of aromatic hydroxyl groups is 2. The highest BCUT2D eigenvalue weighted by molar-refractivity contribution is 7.86. The average Bonchev–Trinajstić information content (AvgIpc) is 3.92. The van der Waals surface area contributed by atoms with Crippen LogP contribution in [0.1, 0.15) is 33.5 Å². The monoisotopic (exact) mass is 1130 g/mol. The highest BCUT2D eigenvalue weighted by Crippen LogP contribution is 2.46. The number of rotatable bonds is 15. The van der Waals surface area contributed by atoms with Crippen LogP contribution in [0.2, 0.25) is 0 Å². The van der Waals surface area contributed by atoms with Crippen LogP contribution in [0.3, 0.4) is 0 Å². The van der Waals surface area contributed by atoms with E-state index in [2.05, 4.69) is 57.7 Å². The summed E-state index contributed by atoms with van der Waals surface area (Å²) in [6.45, 7) is 2.46. The lowest BCUT2D eigenvalue weighted by Crippen LogP contribution is -2.08. The van der Waals surface area contributed by atoms with E-state index in [0.29, 0.717) is 23.2 Å². The van der Waals surface area contributed by atoms with Crippen molar-refractivity contribution in [1.29, 1.82) is 5.26 Å². The zero-order chi connectivity index (χ0) is 53.8. The quantitative estimate of drug-likeness (QED) is 0.0166. The number of thiol groups is 1. The fourth-order valence-electron chi connectivity index (χ4n) is 7.25. The molecule has 0 saturated carbocycles. The molecule has 8 aromatic rings. The molecule has 382 valence electrons. The van der Waals surface area contributed by atoms with E-state index in [1.54, 1.807) is 24.3 Å². The number of hydrogen-bond acceptors (Lipinski definition) is 24. The first-order valence-electron chi connectivity index (χ1n) is 20.3. The fraction of sp³-hybridized carbons (Fsp3) is 0.122. The molecule has 8 rings (SSSR count). The Morgan fingerprint density at radius 2 is 1.42 bits per heavy atom. The van der Waals surface area contributed by atoms with Gasteiger partial charge in [0.1, 0.15) is 54.6 Å². The molecule has 0 aliphatic rings. The highest BCUT2D eigenvalue weighted by atomic mass is 32.2. The van der Waals surface area contributed by atoms with Gasteiger partial charge in [0.05, 0.1) is 39.3 Å². The number of nitrogens with zero attached hydrogens (tertiary/aromatic N) is 10. The number of carbonyl (C=O) groups excluding carboxylic acids is 1. The topological polar surface area (TPSA) is 422 Å². The van der Waals surface area contributed by atoms with E-state index in [1.165, 1.54) is 36.4 Å². The van der Waals surface area contributed by atoms with E-state index >= 15 is 0 Å². The summed E-state index contributed by atoms with van der Waals surface area (Å²) in [6.07, 6.45) is -0.290. The summed E-state index contributed by atoms with van der Waals surface area (Å²) in [5.74, 6) is -3.69. The Kier molecular flexibility index (Phi) is 14.0. The minimum absolute atomic E-state index is 0.00324. The van der Waals surface area contributed by atoms with Crippen molar-refractivity contribution in [2.24, 2.45) is 30.7 Å². The molecular formula is C41H30N10O17S6. The number of hydrogen-bond donors (Lipinski definition) is 7. The summed E-state index contributed by atoms with van der Waals surface area (Å²) < 4.78 is 150. The molecule has 0 amide bonds. The van der Waals surface area contributed by atoms with E-state index < -0.39 is 107 Å². The molecule has 3 heterocycles. The van der Waals surface area contributed by atoms with Gasteiger partial charge >= 0.3 is 5.97 Å². The summed E-state index contributed by atoms with van der Waals surface area (Å²) >= 11 is 4.18. The third kappa shape index (κ3) is 10.6. The molecule has 33 heteroatoms. The fourth-order valence-corrected chi connectivity index (χ4v) is 10.7. The smallest absolute Gasteiger partial charge is 0.350 e. The second-order valence-corrected chi connectivity index (χ2v) is 22.4. The molecule has 27 nitrogen and oxygen atoms in total. The van der Waals surface area contributed by atoms with Crippen LogP contribution in [0.15, 0.2) is 112 Å². The Balaban J connectivity index is 1.23. The van der Waals surface area contributed by atoms with Crippen LogP contribution in [0.4, 0.5) is 33.6 Å². The number of nitriles is 1. The number of thiazole rings is 1. The highest BCUT2D eigenvalue weighted by Gasteiger charge is 2.27. The Morgan fingerprint density at radius 1 is 0.770 bits per heavy atom. The molecule has 0 aliphatic carbocycles. The number of azo groups is 3. The molecule has 0 bridgehead atoms. The van der Waals surface area contributed by atoms with Crippen molar-refractivity contribution in [3.05, 3.63) is 89.0 Å². The molecule has 0 fully saturated rings. The number of phenols is 1. The zero-order valence-electron chi connectivity index (χ0n) is 37.1. The van der Waals surface area contributed by atoms with Gasteiger partial charge in [-0.05, 0) is 79.7 Å². The lowest BCUT2D eigenvalue weighted by atomic mass is 10.1. The van der Waals surface area contributed by atoms with Crippen molar-refractivity contribution < 1.29 is 75.8 Å². The van der Waals surface area contributed by atoms with Crippen molar-refractivity contribution in [2.45, 2.75) is 35.0 Å². The van der Waals surface area contributed by atoms with Gasteiger partial charge in [-0.25, -0.2) is 14.8 Å². The summed E-state index contributed by atoms with van der Waals surface area (Å²) in [6, 6.07) is 15.3. The number of aryl methyl sites for hydroxylation is 1. The molecule has 0 spiro atoms. The number of carbonyl (C=O) groups is 1. The van der Waals surface area contributed by atoms with Crippen LogP contribution in [-0.4, -0.2) is 94.8 Å². The predicted molar refractivity (Wildman–Crippen MR) is 263 cm³/mol. The normalized spacial score (nSPS) is 12.8. The minimum atomic E-state index is -5.37. The summed E-state index contributed by atoms with van der Waals surface area (Å²) in [7, 11) is -20.0. The number of aromatic nitrogens is 3. The van der Waals surface area contributed by atoms with Gasteiger partial charge in [0, 0.05) is 29.9 Å². The van der Waals surface area contributed by atoms with Crippen molar-refractivity contribution in [3.63, 3.8) is 0 Å². The maximum Gasteiger partial charge on any atom is 0.350 e. The first-order chi connectivity index (χ1) is 34.7. The van der Waals surface area contributed by atoms with E-state index in [9.17, 15) is 72.2 Å². The number of pyridine rings is 1. The average molecular weight is 1130 g/mol. The van der Waals surface area contributed by atoms with Crippen LogP contribution >= 0.6 is 24.2 Å². The summed E-state index contributed by atoms with van der Waals surface area (Å²) in [5.41, 5.74) is -1.74.